The number of hydrogen-bond donors (Lipinski definition) is 0. The molecule has 0 aliphatic rings. The van der Waals surface area contributed by atoms with Crippen molar-refractivity contribution in [1.82, 2.24) is 10.1 Å². The van der Waals surface area contributed by atoms with Crippen LogP contribution in [0.3, 0.4) is 0 Å². The van der Waals surface area contributed by atoms with Gasteiger partial charge in [-0.3, -0.25) is 4.79 Å². The van der Waals surface area contributed by atoms with Gasteiger partial charge in [0, 0.05) is 12.8 Å². The summed E-state index contributed by atoms with van der Waals surface area (Å²) in [5.41, 5.74) is 1.14. The first-order chi connectivity index (χ1) is 11.3. The number of ether oxygens (including phenoxy) is 1. The van der Waals surface area contributed by atoms with E-state index in [1.54, 1.807) is 12.1 Å². The van der Waals surface area contributed by atoms with Gasteiger partial charge >= 0.3 is 5.97 Å². The quantitative estimate of drug-likeness (QED) is 0.624. The van der Waals surface area contributed by atoms with E-state index in [4.69, 9.17) is 13.7 Å². The second-order valence-electron chi connectivity index (χ2n) is 4.95. The van der Waals surface area contributed by atoms with E-state index in [9.17, 15) is 4.79 Å². The fourth-order valence-corrected chi connectivity index (χ4v) is 2.07. The molecule has 0 amide bonds. The number of carbonyl (C=O) groups excluding carboxylic acids is 1. The highest BCUT2D eigenvalue weighted by atomic mass is 16.5. The molecule has 0 bridgehead atoms. The number of carbonyl (C=O) groups is 1. The van der Waals surface area contributed by atoms with Gasteiger partial charge in [-0.05, 0) is 17.7 Å². The van der Waals surface area contributed by atoms with Crippen LogP contribution in [0.4, 0.5) is 0 Å². The van der Waals surface area contributed by atoms with Crippen LogP contribution >= 0.6 is 0 Å². The minimum atomic E-state index is -0.279. The molecule has 2 aromatic heterocycles. The van der Waals surface area contributed by atoms with E-state index in [1.807, 2.05) is 30.3 Å². The number of aryl methyl sites for hydroxylation is 1. The predicted octanol–water partition coefficient (Wildman–Crippen LogP) is 3.05. The zero-order chi connectivity index (χ0) is 15.9. The van der Waals surface area contributed by atoms with Crippen LogP contribution in [-0.4, -0.2) is 22.7 Å². The lowest BCUT2D eigenvalue weighted by molar-refractivity contribution is -0.143. The third kappa shape index (κ3) is 4.29. The number of esters is 1. The summed E-state index contributed by atoms with van der Waals surface area (Å²) >= 11 is 0. The van der Waals surface area contributed by atoms with E-state index in [0.29, 0.717) is 36.9 Å². The van der Waals surface area contributed by atoms with Gasteiger partial charge < -0.3 is 13.7 Å². The first kappa shape index (κ1) is 15.0. The Bertz CT molecular complexity index is 735. The standard InChI is InChI=1S/C17H16N2O4/c20-16(22-12-10-13-5-2-1-3-6-13)9-8-15-18-17(19-23-15)14-7-4-11-21-14/h1-7,11H,8-10,12H2. The number of benzene rings is 1. The van der Waals surface area contributed by atoms with Gasteiger partial charge in [0.25, 0.3) is 0 Å². The highest BCUT2D eigenvalue weighted by molar-refractivity contribution is 5.69. The highest BCUT2D eigenvalue weighted by Crippen LogP contribution is 2.16. The molecule has 0 aliphatic carbocycles. The lowest BCUT2D eigenvalue weighted by atomic mass is 10.2. The summed E-state index contributed by atoms with van der Waals surface area (Å²) in [5.74, 6) is 1.02. The first-order valence-electron chi connectivity index (χ1n) is 7.37. The van der Waals surface area contributed by atoms with Crippen molar-refractivity contribution in [3.63, 3.8) is 0 Å². The maximum absolute atomic E-state index is 11.7. The maximum atomic E-state index is 11.7. The van der Waals surface area contributed by atoms with Crippen molar-refractivity contribution in [2.45, 2.75) is 19.3 Å². The first-order valence-corrected chi connectivity index (χ1v) is 7.37. The van der Waals surface area contributed by atoms with Crippen molar-refractivity contribution in [3.05, 3.63) is 60.2 Å². The molecule has 6 nitrogen and oxygen atoms in total. The molecule has 0 saturated carbocycles. The molecule has 3 aromatic rings. The number of furan rings is 1. The average molecular weight is 312 g/mol. The highest BCUT2D eigenvalue weighted by Gasteiger charge is 2.12. The van der Waals surface area contributed by atoms with Crippen LogP contribution < -0.4 is 0 Å². The summed E-state index contributed by atoms with van der Waals surface area (Å²) in [6, 6.07) is 13.4. The van der Waals surface area contributed by atoms with Crippen LogP contribution in [0.2, 0.25) is 0 Å². The van der Waals surface area contributed by atoms with Gasteiger partial charge in [-0.1, -0.05) is 35.5 Å². The fraction of sp³-hybridized carbons (Fsp3) is 0.235. The number of nitrogens with zero attached hydrogens (tertiary/aromatic N) is 2. The topological polar surface area (TPSA) is 78.4 Å². The molecule has 0 aliphatic heterocycles. The van der Waals surface area contributed by atoms with Crippen LogP contribution in [0, 0.1) is 0 Å². The summed E-state index contributed by atoms with van der Waals surface area (Å²) in [6.07, 6.45) is 2.79. The SMILES string of the molecule is O=C(CCc1nc(-c2ccco2)no1)OCCc1ccccc1. The minimum absolute atomic E-state index is 0.203. The van der Waals surface area contributed by atoms with E-state index in [0.717, 1.165) is 5.56 Å². The lowest BCUT2D eigenvalue weighted by Gasteiger charge is -2.03. The third-order valence-electron chi connectivity index (χ3n) is 3.25. The van der Waals surface area contributed by atoms with Crippen molar-refractivity contribution in [3.8, 4) is 11.6 Å². The van der Waals surface area contributed by atoms with Crippen LogP contribution in [0.25, 0.3) is 11.6 Å². The van der Waals surface area contributed by atoms with Crippen LogP contribution in [-0.2, 0) is 22.4 Å². The molecule has 0 unspecified atom stereocenters. The molecule has 0 fully saturated rings. The molecule has 23 heavy (non-hydrogen) atoms. The third-order valence-corrected chi connectivity index (χ3v) is 3.25. The molecule has 0 saturated heterocycles. The zero-order valence-corrected chi connectivity index (χ0v) is 12.5. The Labute approximate surface area is 133 Å². The maximum Gasteiger partial charge on any atom is 0.306 e. The minimum Gasteiger partial charge on any atom is -0.465 e. The van der Waals surface area contributed by atoms with Gasteiger partial charge in [0.05, 0.1) is 19.3 Å². The Balaban J connectivity index is 1.41. The summed E-state index contributed by atoms with van der Waals surface area (Å²) in [6.45, 7) is 0.365. The normalized spacial score (nSPS) is 10.6. The molecule has 0 atom stereocenters. The van der Waals surface area contributed by atoms with Gasteiger partial charge in [0.1, 0.15) is 0 Å². The van der Waals surface area contributed by atoms with Gasteiger partial charge in [-0.2, -0.15) is 4.98 Å². The number of aromatic nitrogens is 2. The Kier molecular flexibility index (Phi) is 4.83. The van der Waals surface area contributed by atoms with Gasteiger partial charge in [-0.15, -0.1) is 0 Å². The van der Waals surface area contributed by atoms with Crippen molar-refractivity contribution >= 4 is 5.97 Å². The Hall–Kier alpha value is -2.89. The molecule has 0 spiro atoms. The van der Waals surface area contributed by atoms with E-state index < -0.39 is 0 Å². The average Bonchev–Trinajstić information content (AvgIpc) is 3.25. The molecule has 6 heteroatoms. The summed E-state index contributed by atoms with van der Waals surface area (Å²) in [5, 5.41) is 3.81. The predicted molar refractivity (Wildman–Crippen MR) is 81.4 cm³/mol. The molecule has 2 heterocycles. The second kappa shape index (κ2) is 7.40. The second-order valence-corrected chi connectivity index (χ2v) is 4.95. The molecule has 0 N–H and O–H groups in total. The summed E-state index contributed by atoms with van der Waals surface area (Å²) < 4.78 is 15.5. The Morgan fingerprint density at radius 1 is 1.09 bits per heavy atom. The van der Waals surface area contributed by atoms with E-state index in [2.05, 4.69) is 10.1 Å². The largest absolute Gasteiger partial charge is 0.465 e. The molecule has 0 radical (unpaired) electrons. The van der Waals surface area contributed by atoms with Crippen LogP contribution in [0.5, 0.6) is 0 Å². The fourth-order valence-electron chi connectivity index (χ4n) is 2.07. The van der Waals surface area contributed by atoms with E-state index in [-0.39, 0.29) is 12.4 Å². The Morgan fingerprint density at radius 3 is 2.74 bits per heavy atom. The lowest BCUT2D eigenvalue weighted by Crippen LogP contribution is -2.08. The van der Waals surface area contributed by atoms with Crippen molar-refractivity contribution in [2.24, 2.45) is 0 Å². The summed E-state index contributed by atoms with van der Waals surface area (Å²) in [4.78, 5) is 15.9. The number of rotatable bonds is 7. The van der Waals surface area contributed by atoms with E-state index in [1.165, 1.54) is 6.26 Å². The zero-order valence-electron chi connectivity index (χ0n) is 12.5. The van der Waals surface area contributed by atoms with Crippen molar-refractivity contribution in [2.75, 3.05) is 6.61 Å². The molecule has 118 valence electrons. The molecular formula is C17H16N2O4. The monoisotopic (exact) mass is 312 g/mol. The van der Waals surface area contributed by atoms with Gasteiger partial charge in [0.15, 0.2) is 5.76 Å². The molecule has 3 rings (SSSR count). The van der Waals surface area contributed by atoms with Gasteiger partial charge in [0.2, 0.25) is 11.7 Å². The number of hydrogen-bond acceptors (Lipinski definition) is 6. The van der Waals surface area contributed by atoms with E-state index >= 15 is 0 Å². The smallest absolute Gasteiger partial charge is 0.306 e. The van der Waals surface area contributed by atoms with Crippen molar-refractivity contribution < 1.29 is 18.5 Å². The summed E-state index contributed by atoms with van der Waals surface area (Å²) in [7, 11) is 0. The molecular weight excluding hydrogens is 296 g/mol. The van der Waals surface area contributed by atoms with Crippen LogP contribution in [0.1, 0.15) is 17.9 Å². The Morgan fingerprint density at radius 2 is 1.96 bits per heavy atom. The van der Waals surface area contributed by atoms with Gasteiger partial charge in [-0.25, -0.2) is 0 Å². The van der Waals surface area contributed by atoms with Crippen LogP contribution in [0.15, 0.2) is 57.7 Å². The van der Waals surface area contributed by atoms with Crippen molar-refractivity contribution in [1.29, 1.82) is 0 Å². The molecule has 1 aromatic carbocycles.